The maximum Gasteiger partial charge on any atom is 0.573 e. The minimum absolute atomic E-state index is 0. The van der Waals surface area contributed by atoms with E-state index in [0.29, 0.717) is 18.1 Å². The number of ether oxygens (including phenoxy) is 2. The monoisotopic (exact) mass is 542 g/mol. The number of nitrogens with one attached hydrogen (secondary N) is 2. The molecule has 1 aliphatic heterocycles. The molecule has 2 unspecified atom stereocenters. The summed E-state index contributed by atoms with van der Waals surface area (Å²) in [6.45, 7) is 8.28. The normalized spacial score (nSPS) is 22.8. The van der Waals surface area contributed by atoms with Crippen LogP contribution in [0.4, 0.5) is 13.2 Å². The highest BCUT2D eigenvalue weighted by Gasteiger charge is 2.42. The Morgan fingerprint density at radius 2 is 1.90 bits per heavy atom. The zero-order valence-corrected chi connectivity index (χ0v) is 19.8. The molecule has 2 aliphatic rings. The second-order valence-corrected chi connectivity index (χ2v) is 8.02. The summed E-state index contributed by atoms with van der Waals surface area (Å²) in [7, 11) is 1.69. The summed E-state index contributed by atoms with van der Waals surface area (Å²) in [5.74, 6) is 0.470. The molecule has 3 rings (SSSR count). The summed E-state index contributed by atoms with van der Waals surface area (Å²) in [5.41, 5.74) is 0.490. The van der Waals surface area contributed by atoms with Crippen molar-refractivity contribution in [3.05, 3.63) is 29.8 Å². The lowest BCUT2D eigenvalue weighted by atomic mass is 10.0. The zero-order valence-electron chi connectivity index (χ0n) is 17.5. The first-order chi connectivity index (χ1) is 13.7. The van der Waals surface area contributed by atoms with Gasteiger partial charge >= 0.3 is 6.36 Å². The minimum atomic E-state index is -4.70. The Morgan fingerprint density at radius 3 is 2.53 bits per heavy atom. The molecule has 30 heavy (non-hydrogen) atoms. The van der Waals surface area contributed by atoms with Gasteiger partial charge in [-0.3, -0.25) is 9.89 Å². The van der Waals surface area contributed by atoms with Crippen molar-refractivity contribution in [1.82, 2.24) is 15.5 Å². The predicted octanol–water partition coefficient (Wildman–Crippen LogP) is 3.33. The first kappa shape index (κ1) is 25.0. The van der Waals surface area contributed by atoms with Gasteiger partial charge in [-0.15, -0.1) is 37.1 Å². The molecular weight excluding hydrogens is 512 g/mol. The van der Waals surface area contributed by atoms with E-state index in [4.69, 9.17) is 4.74 Å². The van der Waals surface area contributed by atoms with E-state index in [0.717, 1.165) is 32.7 Å². The Kier molecular flexibility index (Phi) is 8.63. The Balaban J connectivity index is 0.00000320. The van der Waals surface area contributed by atoms with E-state index in [1.807, 2.05) is 0 Å². The van der Waals surface area contributed by atoms with Crippen LogP contribution < -0.4 is 15.4 Å². The molecule has 0 bridgehead atoms. The molecule has 2 fully saturated rings. The van der Waals surface area contributed by atoms with Crippen LogP contribution >= 0.6 is 24.0 Å². The summed E-state index contributed by atoms with van der Waals surface area (Å²) in [6.07, 6.45) is -3.97. The molecule has 0 radical (unpaired) electrons. The van der Waals surface area contributed by atoms with Gasteiger partial charge in [0.05, 0.1) is 13.2 Å². The van der Waals surface area contributed by atoms with Crippen molar-refractivity contribution in [2.45, 2.75) is 44.1 Å². The fourth-order valence-corrected chi connectivity index (χ4v) is 3.65. The molecular formula is C20H30F3IN4O2. The quantitative estimate of drug-likeness (QED) is 0.328. The third-order valence-corrected chi connectivity index (χ3v) is 5.44. The SMILES string of the molecule is CN=C(NCC(C)(C)N1CCOCC1)NC1CC1c1ccccc1OC(F)(F)F.I. The lowest BCUT2D eigenvalue weighted by Crippen LogP contribution is -2.56. The number of morpholine rings is 1. The third-order valence-electron chi connectivity index (χ3n) is 5.44. The molecule has 1 heterocycles. The Hall–Kier alpha value is -1.27. The van der Waals surface area contributed by atoms with E-state index < -0.39 is 6.36 Å². The number of nitrogens with zero attached hydrogens (tertiary/aromatic N) is 2. The van der Waals surface area contributed by atoms with Crippen LogP contribution in [-0.2, 0) is 4.74 Å². The number of hydrogen-bond acceptors (Lipinski definition) is 4. The van der Waals surface area contributed by atoms with Gasteiger partial charge in [-0.2, -0.15) is 0 Å². The average molecular weight is 542 g/mol. The molecule has 0 amide bonds. The summed E-state index contributed by atoms with van der Waals surface area (Å²) in [4.78, 5) is 6.64. The summed E-state index contributed by atoms with van der Waals surface area (Å²) in [5, 5.41) is 6.66. The Labute approximate surface area is 192 Å². The number of aliphatic imine (C=N–C) groups is 1. The molecule has 2 N–H and O–H groups in total. The van der Waals surface area contributed by atoms with Crippen LogP contribution in [0.25, 0.3) is 0 Å². The van der Waals surface area contributed by atoms with Crippen LogP contribution in [0, 0.1) is 0 Å². The maximum absolute atomic E-state index is 12.7. The summed E-state index contributed by atoms with van der Waals surface area (Å²) >= 11 is 0. The Bertz CT molecular complexity index is 724. The second-order valence-electron chi connectivity index (χ2n) is 8.02. The third kappa shape index (κ3) is 6.88. The molecule has 10 heteroatoms. The molecule has 0 aromatic heterocycles. The highest BCUT2D eigenvalue weighted by atomic mass is 127. The molecule has 1 saturated heterocycles. The van der Waals surface area contributed by atoms with Crippen LogP contribution in [0.3, 0.4) is 0 Å². The Morgan fingerprint density at radius 1 is 1.23 bits per heavy atom. The standard InChI is InChI=1S/C20H29F3N4O2.HI/c1-19(2,27-8-10-28-11-9-27)13-25-18(24-3)26-16-12-15(16)14-6-4-5-7-17(14)29-20(21,22)23;/h4-7,15-16H,8-13H2,1-3H3,(H2,24,25,26);1H. The van der Waals surface area contributed by atoms with Crippen molar-refractivity contribution in [1.29, 1.82) is 0 Å². The van der Waals surface area contributed by atoms with Gasteiger partial charge in [0.2, 0.25) is 0 Å². The predicted molar refractivity (Wildman–Crippen MR) is 121 cm³/mol. The van der Waals surface area contributed by atoms with Crippen molar-refractivity contribution < 1.29 is 22.6 Å². The van der Waals surface area contributed by atoms with Crippen LogP contribution in [0.2, 0.25) is 0 Å². The topological polar surface area (TPSA) is 58.1 Å². The van der Waals surface area contributed by atoms with E-state index in [2.05, 4.69) is 39.1 Å². The van der Waals surface area contributed by atoms with E-state index in [1.54, 1.807) is 25.2 Å². The fraction of sp³-hybridized carbons (Fsp3) is 0.650. The number of benzene rings is 1. The number of guanidine groups is 1. The van der Waals surface area contributed by atoms with Crippen molar-refractivity contribution >= 4 is 29.9 Å². The largest absolute Gasteiger partial charge is 0.573 e. The van der Waals surface area contributed by atoms with Crippen molar-refractivity contribution in [2.75, 3.05) is 39.9 Å². The van der Waals surface area contributed by atoms with Crippen LogP contribution in [0.5, 0.6) is 5.75 Å². The van der Waals surface area contributed by atoms with Gasteiger partial charge in [0.25, 0.3) is 0 Å². The van der Waals surface area contributed by atoms with Crippen LogP contribution in [-0.4, -0.2) is 68.7 Å². The number of hydrogen-bond donors (Lipinski definition) is 2. The lowest BCUT2D eigenvalue weighted by Gasteiger charge is -2.41. The number of para-hydroxylation sites is 1. The van der Waals surface area contributed by atoms with Gasteiger partial charge < -0.3 is 20.1 Å². The molecule has 170 valence electrons. The zero-order chi connectivity index (χ0) is 21.1. The fourth-order valence-electron chi connectivity index (χ4n) is 3.65. The van der Waals surface area contributed by atoms with E-state index in [9.17, 15) is 13.2 Å². The average Bonchev–Trinajstić information content (AvgIpc) is 3.44. The van der Waals surface area contributed by atoms with Gasteiger partial charge in [0.1, 0.15) is 5.75 Å². The van der Waals surface area contributed by atoms with E-state index >= 15 is 0 Å². The number of halogens is 4. The first-order valence-corrected chi connectivity index (χ1v) is 9.84. The molecule has 6 nitrogen and oxygen atoms in total. The molecule has 1 aromatic carbocycles. The highest BCUT2D eigenvalue weighted by Crippen LogP contribution is 2.45. The van der Waals surface area contributed by atoms with Gasteiger partial charge in [-0.1, -0.05) is 18.2 Å². The number of alkyl halides is 3. The molecule has 1 aliphatic carbocycles. The second kappa shape index (κ2) is 10.4. The van der Waals surface area contributed by atoms with E-state index in [-0.39, 0.29) is 47.2 Å². The van der Waals surface area contributed by atoms with Crippen LogP contribution in [0.1, 0.15) is 31.7 Å². The van der Waals surface area contributed by atoms with Crippen molar-refractivity contribution in [3.8, 4) is 5.75 Å². The van der Waals surface area contributed by atoms with E-state index in [1.165, 1.54) is 6.07 Å². The van der Waals surface area contributed by atoms with Gasteiger partial charge in [-0.05, 0) is 31.9 Å². The smallest absolute Gasteiger partial charge is 0.405 e. The number of rotatable bonds is 6. The van der Waals surface area contributed by atoms with Crippen molar-refractivity contribution in [3.63, 3.8) is 0 Å². The maximum atomic E-state index is 12.7. The molecule has 1 saturated carbocycles. The first-order valence-electron chi connectivity index (χ1n) is 9.84. The highest BCUT2D eigenvalue weighted by molar-refractivity contribution is 14.0. The van der Waals surface area contributed by atoms with Gasteiger partial charge in [0, 0.05) is 44.2 Å². The molecule has 0 spiro atoms. The minimum Gasteiger partial charge on any atom is -0.405 e. The summed E-state index contributed by atoms with van der Waals surface area (Å²) < 4.78 is 47.6. The lowest BCUT2D eigenvalue weighted by molar-refractivity contribution is -0.274. The van der Waals surface area contributed by atoms with Crippen molar-refractivity contribution in [2.24, 2.45) is 4.99 Å². The molecule has 2 atom stereocenters. The summed E-state index contributed by atoms with van der Waals surface area (Å²) in [6, 6.07) is 6.34. The van der Waals surface area contributed by atoms with Gasteiger partial charge in [-0.25, -0.2) is 0 Å². The van der Waals surface area contributed by atoms with Gasteiger partial charge in [0.15, 0.2) is 5.96 Å². The van der Waals surface area contributed by atoms with Crippen LogP contribution in [0.15, 0.2) is 29.3 Å². The molecule has 1 aromatic rings.